The third kappa shape index (κ3) is 3.96. The molecular weight excluding hydrogens is 246 g/mol. The Morgan fingerprint density at radius 2 is 2.00 bits per heavy atom. The van der Waals surface area contributed by atoms with Crippen LogP contribution in [0.2, 0.25) is 0 Å². The predicted molar refractivity (Wildman–Crippen MR) is 61.4 cm³/mol. The molecule has 0 aliphatic rings. The Balaban J connectivity index is 2.47. The van der Waals surface area contributed by atoms with Crippen molar-refractivity contribution in [2.45, 2.75) is 19.6 Å². The highest BCUT2D eigenvalue weighted by molar-refractivity contribution is 6.21. The Hall–Kier alpha value is -1.75. The summed E-state index contributed by atoms with van der Waals surface area (Å²) in [6.07, 6.45) is -0.884. The van der Waals surface area contributed by atoms with E-state index < -0.39 is 18.1 Å². The SMILES string of the molecule is C[C@@H](C(=O)O)N(Cl)C(=O)OCc1ccccc1. The van der Waals surface area contributed by atoms with Crippen molar-refractivity contribution in [2.75, 3.05) is 0 Å². The van der Waals surface area contributed by atoms with Gasteiger partial charge in [-0.3, -0.25) is 0 Å². The van der Waals surface area contributed by atoms with Crippen molar-refractivity contribution in [1.82, 2.24) is 4.42 Å². The highest BCUT2D eigenvalue weighted by Gasteiger charge is 2.25. The van der Waals surface area contributed by atoms with Crippen molar-refractivity contribution < 1.29 is 19.4 Å². The van der Waals surface area contributed by atoms with Gasteiger partial charge in [-0.25, -0.2) is 14.0 Å². The van der Waals surface area contributed by atoms with Crippen molar-refractivity contribution in [2.24, 2.45) is 0 Å². The number of carbonyl (C=O) groups is 2. The molecule has 1 amide bonds. The summed E-state index contributed by atoms with van der Waals surface area (Å²) in [7, 11) is 0. The molecule has 0 saturated carbocycles. The molecule has 0 fully saturated rings. The first-order valence-electron chi connectivity index (χ1n) is 4.91. The van der Waals surface area contributed by atoms with Crippen LogP contribution in [0, 0.1) is 0 Å². The third-order valence-electron chi connectivity index (χ3n) is 2.08. The van der Waals surface area contributed by atoms with Gasteiger partial charge in [-0.15, -0.1) is 0 Å². The highest BCUT2D eigenvalue weighted by Crippen LogP contribution is 2.08. The number of carboxylic acids is 1. The van der Waals surface area contributed by atoms with E-state index in [1.54, 1.807) is 12.1 Å². The molecule has 5 nitrogen and oxygen atoms in total. The molecule has 0 radical (unpaired) electrons. The number of rotatable bonds is 4. The minimum absolute atomic E-state index is 0.0508. The van der Waals surface area contributed by atoms with E-state index >= 15 is 0 Å². The number of benzene rings is 1. The number of carboxylic acid groups (broad SMARTS) is 1. The molecule has 1 aromatic rings. The molecule has 0 aliphatic heterocycles. The number of amides is 1. The van der Waals surface area contributed by atoms with Gasteiger partial charge in [0.1, 0.15) is 12.6 Å². The molecule has 0 bridgehead atoms. The first kappa shape index (κ1) is 13.3. The summed E-state index contributed by atoms with van der Waals surface area (Å²) in [5.41, 5.74) is 0.800. The minimum Gasteiger partial charge on any atom is -0.480 e. The Kier molecular flexibility index (Phi) is 4.78. The standard InChI is InChI=1S/C11H12ClNO4/c1-8(10(14)15)13(12)11(16)17-7-9-5-3-2-4-6-9/h2-6,8H,7H2,1H3,(H,14,15)/t8-/m0/s1. The Bertz CT molecular complexity index is 396. The van der Waals surface area contributed by atoms with E-state index in [9.17, 15) is 9.59 Å². The number of hydrogen-bond acceptors (Lipinski definition) is 3. The van der Waals surface area contributed by atoms with E-state index in [0.29, 0.717) is 4.42 Å². The first-order chi connectivity index (χ1) is 8.02. The van der Waals surface area contributed by atoms with Crippen molar-refractivity contribution in [3.05, 3.63) is 35.9 Å². The molecule has 92 valence electrons. The van der Waals surface area contributed by atoms with Crippen LogP contribution in [0.15, 0.2) is 30.3 Å². The molecule has 0 spiro atoms. The van der Waals surface area contributed by atoms with Crippen LogP contribution in [0.5, 0.6) is 0 Å². The molecule has 0 saturated heterocycles. The smallest absolute Gasteiger partial charge is 0.425 e. The lowest BCUT2D eigenvalue weighted by Crippen LogP contribution is -2.36. The summed E-state index contributed by atoms with van der Waals surface area (Å²) in [6.45, 7) is 1.34. The zero-order chi connectivity index (χ0) is 12.8. The minimum atomic E-state index is -1.20. The molecule has 1 aromatic carbocycles. The van der Waals surface area contributed by atoms with E-state index in [-0.39, 0.29) is 6.61 Å². The van der Waals surface area contributed by atoms with Crippen LogP contribution in [-0.2, 0) is 16.1 Å². The molecule has 6 heteroatoms. The maximum Gasteiger partial charge on any atom is 0.425 e. The van der Waals surface area contributed by atoms with Gasteiger partial charge in [0.2, 0.25) is 0 Å². The normalized spacial score (nSPS) is 11.6. The summed E-state index contributed by atoms with van der Waals surface area (Å²) in [4.78, 5) is 22.0. The molecule has 17 heavy (non-hydrogen) atoms. The van der Waals surface area contributed by atoms with Crippen LogP contribution < -0.4 is 0 Å². The Morgan fingerprint density at radius 3 is 2.53 bits per heavy atom. The monoisotopic (exact) mass is 257 g/mol. The van der Waals surface area contributed by atoms with Gasteiger partial charge >= 0.3 is 12.1 Å². The van der Waals surface area contributed by atoms with E-state index in [1.807, 2.05) is 18.2 Å². The summed E-state index contributed by atoms with van der Waals surface area (Å²) < 4.78 is 5.37. The number of ether oxygens (including phenoxy) is 1. The van der Waals surface area contributed by atoms with E-state index in [2.05, 4.69) is 0 Å². The second-order valence-corrected chi connectivity index (χ2v) is 3.73. The van der Waals surface area contributed by atoms with Gasteiger partial charge in [-0.1, -0.05) is 30.3 Å². The largest absolute Gasteiger partial charge is 0.480 e. The third-order valence-corrected chi connectivity index (χ3v) is 2.51. The molecule has 0 aliphatic carbocycles. The number of aliphatic carboxylic acids is 1. The summed E-state index contributed by atoms with van der Waals surface area (Å²) in [5.74, 6) is -1.20. The van der Waals surface area contributed by atoms with E-state index in [4.69, 9.17) is 21.6 Å². The van der Waals surface area contributed by atoms with Gasteiger partial charge < -0.3 is 9.84 Å². The van der Waals surface area contributed by atoms with Crippen LogP contribution in [0.25, 0.3) is 0 Å². The summed E-state index contributed by atoms with van der Waals surface area (Å²) >= 11 is 5.52. The second kappa shape index (κ2) is 6.10. The number of nitrogens with zero attached hydrogens (tertiary/aromatic N) is 1. The maximum absolute atomic E-state index is 11.4. The number of carbonyl (C=O) groups excluding carboxylic acids is 1. The van der Waals surface area contributed by atoms with Crippen LogP contribution in [0.1, 0.15) is 12.5 Å². The maximum atomic E-state index is 11.4. The zero-order valence-electron chi connectivity index (χ0n) is 9.17. The fourth-order valence-corrected chi connectivity index (χ4v) is 1.17. The molecule has 1 rings (SSSR count). The lowest BCUT2D eigenvalue weighted by molar-refractivity contribution is -0.140. The number of hydrogen-bond donors (Lipinski definition) is 1. The Morgan fingerprint density at radius 1 is 1.41 bits per heavy atom. The fourth-order valence-electron chi connectivity index (χ4n) is 1.04. The average molecular weight is 258 g/mol. The average Bonchev–Trinajstić information content (AvgIpc) is 2.35. The molecule has 1 N–H and O–H groups in total. The van der Waals surface area contributed by atoms with Gasteiger partial charge in [0.25, 0.3) is 0 Å². The van der Waals surface area contributed by atoms with Crippen LogP contribution in [0.4, 0.5) is 4.79 Å². The van der Waals surface area contributed by atoms with Crippen LogP contribution in [-0.4, -0.2) is 27.6 Å². The van der Waals surface area contributed by atoms with Crippen LogP contribution in [0.3, 0.4) is 0 Å². The van der Waals surface area contributed by atoms with Crippen molar-refractivity contribution >= 4 is 23.8 Å². The summed E-state index contributed by atoms with van der Waals surface area (Å²) in [5, 5.41) is 8.65. The van der Waals surface area contributed by atoms with E-state index in [0.717, 1.165) is 5.56 Å². The molecule has 1 atom stereocenters. The van der Waals surface area contributed by atoms with Gasteiger partial charge in [0.05, 0.1) is 0 Å². The predicted octanol–water partition coefficient (Wildman–Crippen LogP) is 2.25. The quantitative estimate of drug-likeness (QED) is 0.840. The zero-order valence-corrected chi connectivity index (χ0v) is 9.92. The number of halogens is 1. The topological polar surface area (TPSA) is 66.8 Å². The van der Waals surface area contributed by atoms with Crippen molar-refractivity contribution in [3.8, 4) is 0 Å². The van der Waals surface area contributed by atoms with Gasteiger partial charge in [0, 0.05) is 11.8 Å². The van der Waals surface area contributed by atoms with Crippen molar-refractivity contribution in [1.29, 1.82) is 0 Å². The molecule has 0 unspecified atom stereocenters. The Labute approximate surface area is 104 Å². The highest BCUT2D eigenvalue weighted by atomic mass is 35.5. The fraction of sp³-hybridized carbons (Fsp3) is 0.273. The first-order valence-corrected chi connectivity index (χ1v) is 5.24. The van der Waals surface area contributed by atoms with Gasteiger partial charge in [-0.05, 0) is 12.5 Å². The lowest BCUT2D eigenvalue weighted by Gasteiger charge is -2.17. The molecular formula is C11H12ClNO4. The van der Waals surface area contributed by atoms with Gasteiger partial charge in [-0.2, -0.15) is 0 Å². The second-order valence-electron chi connectivity index (χ2n) is 3.37. The van der Waals surface area contributed by atoms with Crippen LogP contribution >= 0.6 is 11.8 Å². The molecule has 0 aromatic heterocycles. The van der Waals surface area contributed by atoms with Gasteiger partial charge in [0.15, 0.2) is 0 Å². The lowest BCUT2D eigenvalue weighted by atomic mass is 10.2. The molecule has 0 heterocycles. The summed E-state index contributed by atoms with van der Waals surface area (Å²) in [6, 6.07) is 7.88. The van der Waals surface area contributed by atoms with E-state index in [1.165, 1.54) is 6.92 Å². The van der Waals surface area contributed by atoms with Crippen molar-refractivity contribution in [3.63, 3.8) is 0 Å².